The third kappa shape index (κ3) is 2.93. The van der Waals surface area contributed by atoms with Crippen LogP contribution in [0.25, 0.3) is 0 Å². The van der Waals surface area contributed by atoms with Gasteiger partial charge in [-0.2, -0.15) is 0 Å². The lowest BCUT2D eigenvalue weighted by Crippen LogP contribution is -1.95. The molecule has 1 N–H and O–H groups in total. The summed E-state index contributed by atoms with van der Waals surface area (Å²) >= 11 is 5.85. The van der Waals surface area contributed by atoms with E-state index in [1.165, 1.54) is 12.4 Å². The number of nitrogens with zero attached hydrogens (tertiary/aromatic N) is 2. The van der Waals surface area contributed by atoms with Crippen LogP contribution in [0.4, 0.5) is 0 Å². The second kappa shape index (κ2) is 5.12. The van der Waals surface area contributed by atoms with E-state index >= 15 is 0 Å². The Labute approximate surface area is 104 Å². The average Bonchev–Trinajstić information content (AvgIpc) is 2.33. The van der Waals surface area contributed by atoms with Crippen LogP contribution >= 0.6 is 11.6 Å². The highest BCUT2D eigenvalue weighted by Crippen LogP contribution is 2.25. The summed E-state index contributed by atoms with van der Waals surface area (Å²) in [4.78, 5) is 8.01. The zero-order chi connectivity index (χ0) is 12.3. The van der Waals surface area contributed by atoms with Crippen LogP contribution < -0.4 is 4.74 Å². The fraction of sp³-hybridized carbons (Fsp3) is 0.167. The quantitative estimate of drug-likeness (QED) is 0.910. The monoisotopic (exact) mass is 250 g/mol. The molecule has 0 unspecified atom stereocenters. The Balaban J connectivity index is 2.25. The molecule has 0 aliphatic heterocycles. The van der Waals surface area contributed by atoms with Crippen LogP contribution in [0.15, 0.2) is 30.6 Å². The Morgan fingerprint density at radius 1 is 1.35 bits per heavy atom. The van der Waals surface area contributed by atoms with Crippen molar-refractivity contribution < 1.29 is 9.84 Å². The van der Waals surface area contributed by atoms with Crippen molar-refractivity contribution in [3.63, 3.8) is 0 Å². The van der Waals surface area contributed by atoms with E-state index in [0.717, 1.165) is 5.56 Å². The molecule has 88 valence electrons. The van der Waals surface area contributed by atoms with Gasteiger partial charge in [0, 0.05) is 5.02 Å². The van der Waals surface area contributed by atoms with Gasteiger partial charge in [0.05, 0.1) is 24.7 Å². The number of aliphatic hydroxyl groups is 1. The summed E-state index contributed by atoms with van der Waals surface area (Å²) in [5.74, 6) is 1.01. The first-order valence-corrected chi connectivity index (χ1v) is 5.42. The van der Waals surface area contributed by atoms with Gasteiger partial charge in [0.15, 0.2) is 0 Å². The van der Waals surface area contributed by atoms with Crippen molar-refractivity contribution in [2.75, 3.05) is 0 Å². The molecule has 0 fully saturated rings. The van der Waals surface area contributed by atoms with Crippen molar-refractivity contribution in [2.24, 2.45) is 0 Å². The topological polar surface area (TPSA) is 55.2 Å². The number of aromatic nitrogens is 2. The van der Waals surface area contributed by atoms with E-state index in [-0.39, 0.29) is 6.61 Å². The van der Waals surface area contributed by atoms with Crippen LogP contribution in [-0.2, 0) is 6.61 Å². The van der Waals surface area contributed by atoms with Crippen LogP contribution in [0, 0.1) is 6.92 Å². The lowest BCUT2D eigenvalue weighted by atomic mass is 10.2. The Morgan fingerprint density at radius 2 is 2.18 bits per heavy atom. The maximum atomic E-state index is 8.94. The molecular weight excluding hydrogens is 240 g/mol. The summed E-state index contributed by atoms with van der Waals surface area (Å²) in [6.07, 6.45) is 2.98. The largest absolute Gasteiger partial charge is 0.437 e. The molecule has 0 spiro atoms. The smallest absolute Gasteiger partial charge is 0.238 e. The lowest BCUT2D eigenvalue weighted by Gasteiger charge is -2.08. The molecule has 17 heavy (non-hydrogen) atoms. The molecule has 2 aromatic rings. The molecule has 1 aromatic heterocycles. The lowest BCUT2D eigenvalue weighted by molar-refractivity contribution is 0.274. The summed E-state index contributed by atoms with van der Waals surface area (Å²) in [7, 11) is 0. The van der Waals surface area contributed by atoms with Gasteiger partial charge < -0.3 is 9.84 Å². The summed E-state index contributed by atoms with van der Waals surface area (Å²) in [5.41, 5.74) is 1.38. The van der Waals surface area contributed by atoms with Gasteiger partial charge in [-0.3, -0.25) is 4.98 Å². The van der Waals surface area contributed by atoms with E-state index in [1.807, 2.05) is 6.92 Å². The molecule has 0 saturated heterocycles. The third-order valence-corrected chi connectivity index (χ3v) is 2.41. The fourth-order valence-electron chi connectivity index (χ4n) is 1.35. The number of aryl methyl sites for hydroxylation is 1. The number of aliphatic hydroxyl groups excluding tert-OH is 1. The van der Waals surface area contributed by atoms with Crippen molar-refractivity contribution in [2.45, 2.75) is 13.5 Å². The van der Waals surface area contributed by atoms with Gasteiger partial charge in [-0.1, -0.05) is 11.6 Å². The fourth-order valence-corrected chi connectivity index (χ4v) is 1.58. The summed E-state index contributed by atoms with van der Waals surface area (Å²) in [6, 6.07) is 5.32. The molecule has 0 aliphatic carbocycles. The zero-order valence-electron chi connectivity index (χ0n) is 9.22. The molecule has 0 saturated carbocycles. The number of hydrogen-bond acceptors (Lipinski definition) is 4. The highest BCUT2D eigenvalue weighted by atomic mass is 35.5. The minimum atomic E-state index is -0.163. The van der Waals surface area contributed by atoms with E-state index in [9.17, 15) is 0 Å². The summed E-state index contributed by atoms with van der Waals surface area (Å²) in [5, 5.41) is 9.60. The average molecular weight is 251 g/mol. The number of halogens is 1. The van der Waals surface area contributed by atoms with Crippen LogP contribution in [0.5, 0.6) is 11.6 Å². The Bertz CT molecular complexity index is 532. The van der Waals surface area contributed by atoms with E-state index in [2.05, 4.69) is 9.97 Å². The van der Waals surface area contributed by atoms with Crippen molar-refractivity contribution >= 4 is 11.6 Å². The normalized spacial score (nSPS) is 10.3. The maximum Gasteiger partial charge on any atom is 0.238 e. The molecular formula is C12H11ClN2O2. The number of ether oxygens (including phenoxy) is 1. The standard InChI is InChI=1S/C12H11ClN2O2/c1-8-4-9(13)2-3-11(8)17-12-6-14-5-10(7-16)15-12/h2-6,16H,7H2,1H3. The second-order valence-electron chi connectivity index (χ2n) is 3.52. The van der Waals surface area contributed by atoms with E-state index in [0.29, 0.717) is 22.3 Å². The molecule has 0 radical (unpaired) electrons. The van der Waals surface area contributed by atoms with Crippen molar-refractivity contribution in [3.05, 3.63) is 46.9 Å². The second-order valence-corrected chi connectivity index (χ2v) is 3.96. The first-order valence-electron chi connectivity index (χ1n) is 5.05. The van der Waals surface area contributed by atoms with Gasteiger partial charge in [0.25, 0.3) is 0 Å². The van der Waals surface area contributed by atoms with Crippen molar-refractivity contribution in [1.29, 1.82) is 0 Å². The Hall–Kier alpha value is -1.65. The summed E-state index contributed by atoms with van der Waals surface area (Å²) < 4.78 is 5.56. The van der Waals surface area contributed by atoms with Crippen LogP contribution in [0.3, 0.4) is 0 Å². The van der Waals surface area contributed by atoms with E-state index < -0.39 is 0 Å². The molecule has 1 aromatic carbocycles. The highest BCUT2D eigenvalue weighted by Gasteiger charge is 2.04. The first kappa shape index (κ1) is 11.8. The minimum Gasteiger partial charge on any atom is -0.437 e. The van der Waals surface area contributed by atoms with Crippen LogP contribution in [0.2, 0.25) is 5.02 Å². The number of rotatable bonds is 3. The number of hydrogen-bond donors (Lipinski definition) is 1. The van der Waals surface area contributed by atoms with Crippen molar-refractivity contribution in [3.8, 4) is 11.6 Å². The van der Waals surface area contributed by atoms with Gasteiger partial charge in [-0.05, 0) is 30.7 Å². The molecule has 1 heterocycles. The SMILES string of the molecule is Cc1cc(Cl)ccc1Oc1cncc(CO)n1. The van der Waals surface area contributed by atoms with Crippen molar-refractivity contribution in [1.82, 2.24) is 9.97 Å². The van der Waals surface area contributed by atoms with Crippen LogP contribution in [-0.4, -0.2) is 15.1 Å². The highest BCUT2D eigenvalue weighted by molar-refractivity contribution is 6.30. The number of benzene rings is 1. The Morgan fingerprint density at radius 3 is 2.88 bits per heavy atom. The third-order valence-electron chi connectivity index (χ3n) is 2.18. The zero-order valence-corrected chi connectivity index (χ0v) is 9.98. The van der Waals surface area contributed by atoms with Gasteiger partial charge in [-0.25, -0.2) is 4.98 Å². The van der Waals surface area contributed by atoms with Gasteiger partial charge in [0.1, 0.15) is 5.75 Å². The Kier molecular flexibility index (Phi) is 3.56. The molecule has 5 heteroatoms. The maximum absolute atomic E-state index is 8.94. The first-order chi connectivity index (χ1) is 8.19. The summed E-state index contributed by atoms with van der Waals surface area (Å²) in [6.45, 7) is 1.73. The van der Waals surface area contributed by atoms with E-state index in [4.69, 9.17) is 21.4 Å². The molecule has 0 aliphatic rings. The minimum absolute atomic E-state index is 0.163. The van der Waals surface area contributed by atoms with Gasteiger partial charge >= 0.3 is 0 Å². The molecule has 0 amide bonds. The predicted molar refractivity (Wildman–Crippen MR) is 64.2 cm³/mol. The van der Waals surface area contributed by atoms with Gasteiger partial charge in [-0.15, -0.1) is 0 Å². The van der Waals surface area contributed by atoms with E-state index in [1.54, 1.807) is 18.2 Å². The molecule has 0 bridgehead atoms. The predicted octanol–water partition coefficient (Wildman–Crippen LogP) is 2.72. The molecule has 2 rings (SSSR count). The molecule has 4 nitrogen and oxygen atoms in total. The molecule has 0 atom stereocenters. The van der Waals surface area contributed by atoms with Crippen LogP contribution in [0.1, 0.15) is 11.3 Å². The van der Waals surface area contributed by atoms with Gasteiger partial charge in [0.2, 0.25) is 5.88 Å².